The molecule has 1 saturated heterocycles. The Morgan fingerprint density at radius 3 is 2.71 bits per heavy atom. The summed E-state index contributed by atoms with van der Waals surface area (Å²) in [4.78, 5) is 3.45. The van der Waals surface area contributed by atoms with Gasteiger partial charge in [-0.3, -0.25) is 4.90 Å². The van der Waals surface area contributed by atoms with Crippen molar-refractivity contribution in [3.05, 3.63) is 51.5 Å². The van der Waals surface area contributed by atoms with Gasteiger partial charge >= 0.3 is 0 Å². The fourth-order valence-corrected chi connectivity index (χ4v) is 3.79. The molecule has 1 fully saturated rings. The van der Waals surface area contributed by atoms with E-state index in [1.807, 2.05) is 18.4 Å². The Balaban J connectivity index is 2.09. The van der Waals surface area contributed by atoms with Gasteiger partial charge in [-0.25, -0.2) is 4.39 Å². The number of phenolic OH excluding ortho intramolecular Hbond substituents is 1. The minimum absolute atomic E-state index is 0.0807. The van der Waals surface area contributed by atoms with Crippen molar-refractivity contribution >= 4 is 11.3 Å². The Kier molecular flexibility index (Phi) is 4.24. The maximum atomic E-state index is 13.9. The van der Waals surface area contributed by atoms with Gasteiger partial charge in [0.25, 0.3) is 0 Å². The van der Waals surface area contributed by atoms with Gasteiger partial charge < -0.3 is 10.4 Å². The second-order valence-electron chi connectivity index (χ2n) is 5.33. The minimum Gasteiger partial charge on any atom is -0.505 e. The van der Waals surface area contributed by atoms with Crippen LogP contribution in [0.1, 0.15) is 22.0 Å². The Morgan fingerprint density at radius 2 is 2.05 bits per heavy atom. The van der Waals surface area contributed by atoms with Gasteiger partial charge in [0, 0.05) is 36.6 Å². The topological polar surface area (TPSA) is 35.5 Å². The van der Waals surface area contributed by atoms with Crippen LogP contribution in [0, 0.1) is 12.7 Å². The van der Waals surface area contributed by atoms with E-state index in [2.05, 4.69) is 16.3 Å². The highest BCUT2D eigenvalue weighted by atomic mass is 32.1. The monoisotopic (exact) mass is 306 g/mol. The molecule has 2 aromatic rings. The highest BCUT2D eigenvalue weighted by Crippen LogP contribution is 2.39. The molecule has 3 nitrogen and oxygen atoms in total. The lowest BCUT2D eigenvalue weighted by molar-refractivity contribution is 0.197. The van der Waals surface area contributed by atoms with E-state index in [1.54, 1.807) is 17.4 Å². The third-order valence-electron chi connectivity index (χ3n) is 3.99. The number of piperazine rings is 1. The predicted molar refractivity (Wildman–Crippen MR) is 83.4 cm³/mol. The fourth-order valence-electron chi connectivity index (χ4n) is 2.92. The number of thiophene rings is 1. The number of hydrogen-bond acceptors (Lipinski definition) is 4. The first-order chi connectivity index (χ1) is 10.2. The first kappa shape index (κ1) is 14.5. The molecule has 0 aliphatic carbocycles. The lowest BCUT2D eigenvalue weighted by atomic mass is 9.96. The Bertz CT molecular complexity index is 609. The van der Waals surface area contributed by atoms with Crippen LogP contribution in [0.3, 0.4) is 0 Å². The lowest BCUT2D eigenvalue weighted by Crippen LogP contribution is -2.45. The predicted octanol–water partition coefficient (Wildman–Crippen LogP) is 2.90. The summed E-state index contributed by atoms with van der Waals surface area (Å²) in [6, 6.07) is 7.05. The van der Waals surface area contributed by atoms with E-state index in [0.29, 0.717) is 5.56 Å². The van der Waals surface area contributed by atoms with Crippen molar-refractivity contribution in [3.8, 4) is 5.75 Å². The van der Waals surface area contributed by atoms with E-state index >= 15 is 0 Å². The number of aryl methyl sites for hydroxylation is 1. The van der Waals surface area contributed by atoms with Gasteiger partial charge in [-0.05, 0) is 30.0 Å². The van der Waals surface area contributed by atoms with Crippen LogP contribution in [0.25, 0.3) is 0 Å². The summed E-state index contributed by atoms with van der Waals surface area (Å²) < 4.78 is 13.9. The number of nitrogens with one attached hydrogen (secondary N) is 1. The van der Waals surface area contributed by atoms with Crippen LogP contribution in [-0.2, 0) is 0 Å². The average molecular weight is 306 g/mol. The zero-order chi connectivity index (χ0) is 14.8. The number of hydrogen-bond donors (Lipinski definition) is 2. The van der Waals surface area contributed by atoms with Gasteiger partial charge in [0.05, 0.1) is 6.04 Å². The molecule has 0 saturated carbocycles. The van der Waals surface area contributed by atoms with E-state index in [-0.39, 0.29) is 11.8 Å². The number of halogens is 1. The molecule has 0 amide bonds. The van der Waals surface area contributed by atoms with Crippen LogP contribution in [-0.4, -0.2) is 36.2 Å². The summed E-state index contributed by atoms with van der Waals surface area (Å²) in [5.41, 5.74) is 1.62. The molecule has 1 aromatic carbocycles. The quantitative estimate of drug-likeness (QED) is 0.915. The maximum Gasteiger partial charge on any atom is 0.165 e. The summed E-state index contributed by atoms with van der Waals surface area (Å²) in [6.45, 7) is 5.53. The molecule has 1 atom stereocenters. The van der Waals surface area contributed by atoms with Crippen LogP contribution in [0.5, 0.6) is 5.75 Å². The number of phenols is 1. The van der Waals surface area contributed by atoms with Crippen LogP contribution < -0.4 is 5.32 Å². The minimum atomic E-state index is -0.549. The molecule has 112 valence electrons. The molecule has 0 bridgehead atoms. The summed E-state index contributed by atoms with van der Waals surface area (Å²) in [7, 11) is 0. The molecule has 5 heteroatoms. The van der Waals surface area contributed by atoms with Crippen LogP contribution >= 0.6 is 11.3 Å². The van der Waals surface area contributed by atoms with Gasteiger partial charge in [0.1, 0.15) is 0 Å². The van der Waals surface area contributed by atoms with Crippen molar-refractivity contribution in [2.24, 2.45) is 0 Å². The Morgan fingerprint density at radius 1 is 1.29 bits per heavy atom. The van der Waals surface area contributed by atoms with E-state index < -0.39 is 5.82 Å². The van der Waals surface area contributed by atoms with Crippen LogP contribution in [0.4, 0.5) is 4.39 Å². The SMILES string of the molecule is Cc1ccc(F)c(O)c1[C@@H](c1cccs1)N1CCNCC1. The molecule has 3 rings (SSSR count). The smallest absolute Gasteiger partial charge is 0.165 e. The first-order valence-electron chi connectivity index (χ1n) is 7.14. The zero-order valence-electron chi connectivity index (χ0n) is 12.0. The van der Waals surface area contributed by atoms with Crippen LogP contribution in [0.15, 0.2) is 29.6 Å². The average Bonchev–Trinajstić information content (AvgIpc) is 3.02. The van der Waals surface area contributed by atoms with Crippen molar-refractivity contribution in [2.45, 2.75) is 13.0 Å². The van der Waals surface area contributed by atoms with Gasteiger partial charge in [-0.15, -0.1) is 11.3 Å². The number of nitrogens with zero attached hydrogens (tertiary/aromatic N) is 1. The fraction of sp³-hybridized carbons (Fsp3) is 0.375. The lowest BCUT2D eigenvalue weighted by Gasteiger charge is -2.35. The van der Waals surface area contributed by atoms with E-state index in [9.17, 15) is 9.50 Å². The molecule has 1 aliphatic heterocycles. The van der Waals surface area contributed by atoms with Crippen molar-refractivity contribution in [1.82, 2.24) is 10.2 Å². The standard InChI is InChI=1S/C16H19FN2OS/c1-11-4-5-12(17)16(20)14(11)15(13-3-2-10-21-13)19-8-6-18-7-9-19/h2-5,10,15,18,20H,6-9H2,1H3/t15-/m1/s1. The second kappa shape index (κ2) is 6.13. The summed E-state index contributed by atoms with van der Waals surface area (Å²) in [5.74, 6) is -0.765. The Labute approximate surface area is 128 Å². The second-order valence-corrected chi connectivity index (χ2v) is 6.31. The van der Waals surface area contributed by atoms with E-state index in [1.165, 1.54) is 6.07 Å². The zero-order valence-corrected chi connectivity index (χ0v) is 12.8. The van der Waals surface area contributed by atoms with Crippen molar-refractivity contribution in [2.75, 3.05) is 26.2 Å². The third-order valence-corrected chi connectivity index (χ3v) is 4.91. The first-order valence-corrected chi connectivity index (χ1v) is 8.02. The van der Waals surface area contributed by atoms with Crippen molar-refractivity contribution in [3.63, 3.8) is 0 Å². The van der Waals surface area contributed by atoms with Crippen molar-refractivity contribution in [1.29, 1.82) is 0 Å². The molecule has 1 aliphatic rings. The van der Waals surface area contributed by atoms with E-state index in [4.69, 9.17) is 0 Å². The maximum absolute atomic E-state index is 13.9. The number of aromatic hydroxyl groups is 1. The molecule has 0 radical (unpaired) electrons. The molecule has 0 unspecified atom stereocenters. The summed E-state index contributed by atoms with van der Waals surface area (Å²) in [5, 5.41) is 15.6. The van der Waals surface area contributed by atoms with Gasteiger partial charge in [0.2, 0.25) is 0 Å². The highest BCUT2D eigenvalue weighted by Gasteiger charge is 2.29. The molecule has 1 aromatic heterocycles. The van der Waals surface area contributed by atoms with Crippen molar-refractivity contribution < 1.29 is 9.50 Å². The highest BCUT2D eigenvalue weighted by molar-refractivity contribution is 7.10. The van der Waals surface area contributed by atoms with E-state index in [0.717, 1.165) is 36.6 Å². The Hall–Kier alpha value is -1.43. The van der Waals surface area contributed by atoms with Gasteiger partial charge in [0.15, 0.2) is 11.6 Å². The largest absolute Gasteiger partial charge is 0.505 e. The summed E-state index contributed by atoms with van der Waals surface area (Å²) in [6.07, 6.45) is 0. The number of benzene rings is 1. The van der Waals surface area contributed by atoms with Gasteiger partial charge in [-0.2, -0.15) is 0 Å². The number of rotatable bonds is 3. The molecule has 2 N–H and O–H groups in total. The third kappa shape index (κ3) is 2.81. The normalized spacial score (nSPS) is 17.8. The molecular formula is C16H19FN2OS. The molecule has 0 spiro atoms. The molecular weight excluding hydrogens is 287 g/mol. The van der Waals surface area contributed by atoms with Gasteiger partial charge in [-0.1, -0.05) is 12.1 Å². The molecule has 21 heavy (non-hydrogen) atoms. The van der Waals surface area contributed by atoms with Crippen LogP contribution in [0.2, 0.25) is 0 Å². The summed E-state index contributed by atoms with van der Waals surface area (Å²) >= 11 is 1.65. The molecule has 2 heterocycles.